The summed E-state index contributed by atoms with van der Waals surface area (Å²) in [6.45, 7) is 0. The fourth-order valence-electron chi connectivity index (χ4n) is 2.37. The lowest BCUT2D eigenvalue weighted by atomic mass is 10.2. The minimum absolute atomic E-state index is 0.181. The molecule has 3 aromatic rings. The Labute approximate surface area is 160 Å². The highest BCUT2D eigenvalue weighted by Gasteiger charge is 2.14. The summed E-state index contributed by atoms with van der Waals surface area (Å²) in [7, 11) is 3.42. The molecule has 0 unspecified atom stereocenters. The van der Waals surface area contributed by atoms with E-state index in [0.717, 1.165) is 11.4 Å². The number of methoxy groups -OCH3 is 1. The molecule has 1 N–H and O–H groups in total. The Balaban J connectivity index is 1.66. The smallest absolute Gasteiger partial charge is 0.234 e. The van der Waals surface area contributed by atoms with Crippen LogP contribution in [-0.2, 0) is 11.8 Å². The number of ether oxygens (including phenoxy) is 1. The number of anilines is 1. The number of carbonyl (C=O) groups excluding carboxylic acids is 1. The molecule has 8 heteroatoms. The lowest BCUT2D eigenvalue weighted by Gasteiger charge is -2.10. The predicted octanol–water partition coefficient (Wildman–Crippen LogP) is 3.87. The van der Waals surface area contributed by atoms with E-state index in [1.807, 2.05) is 41.9 Å². The normalized spacial score (nSPS) is 10.6. The fraction of sp³-hybridized carbons (Fsp3) is 0.167. The van der Waals surface area contributed by atoms with Gasteiger partial charge in [-0.1, -0.05) is 53.7 Å². The molecule has 1 amide bonds. The van der Waals surface area contributed by atoms with Crippen LogP contribution in [0.3, 0.4) is 0 Å². The van der Waals surface area contributed by atoms with Gasteiger partial charge >= 0.3 is 0 Å². The SMILES string of the molecule is COc1ccc(Cl)cc1NC(=O)CSc1nnc(-c2ccccc2)n1C. The number of hydrogen-bond donors (Lipinski definition) is 1. The first kappa shape index (κ1) is 18.3. The Morgan fingerprint density at radius 3 is 2.73 bits per heavy atom. The third kappa shape index (κ3) is 4.17. The molecule has 2 aromatic carbocycles. The summed E-state index contributed by atoms with van der Waals surface area (Å²) in [5.41, 5.74) is 1.51. The van der Waals surface area contributed by atoms with Crippen molar-refractivity contribution in [2.45, 2.75) is 5.16 Å². The van der Waals surface area contributed by atoms with Gasteiger partial charge in [0.1, 0.15) is 5.75 Å². The summed E-state index contributed by atoms with van der Waals surface area (Å²) in [5.74, 6) is 1.32. The largest absolute Gasteiger partial charge is 0.495 e. The van der Waals surface area contributed by atoms with Gasteiger partial charge in [0, 0.05) is 17.6 Å². The van der Waals surface area contributed by atoms with Gasteiger partial charge in [0.2, 0.25) is 5.91 Å². The Bertz CT molecular complexity index is 915. The fourth-order valence-corrected chi connectivity index (χ4v) is 3.26. The first-order valence-electron chi connectivity index (χ1n) is 7.79. The number of carbonyl (C=O) groups is 1. The molecule has 0 bridgehead atoms. The van der Waals surface area contributed by atoms with Gasteiger partial charge in [0.15, 0.2) is 11.0 Å². The van der Waals surface area contributed by atoms with Crippen molar-refractivity contribution in [3.63, 3.8) is 0 Å². The second-order valence-electron chi connectivity index (χ2n) is 5.41. The molecule has 26 heavy (non-hydrogen) atoms. The van der Waals surface area contributed by atoms with Gasteiger partial charge in [-0.05, 0) is 18.2 Å². The summed E-state index contributed by atoms with van der Waals surface area (Å²) in [4.78, 5) is 12.3. The lowest BCUT2D eigenvalue weighted by Crippen LogP contribution is -2.15. The van der Waals surface area contributed by atoms with Gasteiger partial charge < -0.3 is 14.6 Å². The number of amides is 1. The predicted molar refractivity (Wildman–Crippen MR) is 104 cm³/mol. The van der Waals surface area contributed by atoms with Gasteiger partial charge in [-0.15, -0.1) is 10.2 Å². The van der Waals surface area contributed by atoms with Crippen molar-refractivity contribution >= 4 is 35.0 Å². The van der Waals surface area contributed by atoms with E-state index in [1.54, 1.807) is 18.2 Å². The van der Waals surface area contributed by atoms with E-state index < -0.39 is 0 Å². The Kier molecular flexibility index (Phi) is 5.80. The standard InChI is InChI=1S/C18H17ClN4O2S/c1-23-17(12-6-4-3-5-7-12)21-22-18(23)26-11-16(24)20-14-10-13(19)8-9-15(14)25-2/h3-10H,11H2,1-2H3,(H,20,24). The Morgan fingerprint density at radius 1 is 1.23 bits per heavy atom. The lowest BCUT2D eigenvalue weighted by molar-refractivity contribution is -0.113. The van der Waals surface area contributed by atoms with Crippen molar-refractivity contribution in [1.29, 1.82) is 0 Å². The number of hydrogen-bond acceptors (Lipinski definition) is 5. The molecule has 0 aliphatic rings. The van der Waals surface area contributed by atoms with Crippen molar-refractivity contribution in [2.75, 3.05) is 18.2 Å². The van der Waals surface area contributed by atoms with Crippen molar-refractivity contribution < 1.29 is 9.53 Å². The maximum atomic E-state index is 12.3. The number of halogens is 1. The van der Waals surface area contributed by atoms with Crippen LogP contribution in [0.4, 0.5) is 5.69 Å². The van der Waals surface area contributed by atoms with E-state index in [2.05, 4.69) is 15.5 Å². The molecule has 134 valence electrons. The second kappa shape index (κ2) is 8.25. The molecule has 0 saturated heterocycles. The van der Waals surface area contributed by atoms with E-state index in [-0.39, 0.29) is 11.7 Å². The zero-order chi connectivity index (χ0) is 18.5. The average Bonchev–Trinajstić information content (AvgIpc) is 3.01. The minimum Gasteiger partial charge on any atom is -0.495 e. The average molecular weight is 389 g/mol. The third-order valence-electron chi connectivity index (χ3n) is 3.63. The molecule has 0 spiro atoms. The molecule has 3 rings (SSSR count). The minimum atomic E-state index is -0.181. The van der Waals surface area contributed by atoms with Crippen LogP contribution >= 0.6 is 23.4 Å². The highest BCUT2D eigenvalue weighted by atomic mass is 35.5. The quantitative estimate of drug-likeness (QED) is 0.649. The van der Waals surface area contributed by atoms with E-state index in [1.165, 1.54) is 18.9 Å². The van der Waals surface area contributed by atoms with Crippen LogP contribution < -0.4 is 10.1 Å². The van der Waals surface area contributed by atoms with Gasteiger partial charge in [-0.2, -0.15) is 0 Å². The zero-order valence-corrected chi connectivity index (χ0v) is 15.8. The van der Waals surface area contributed by atoms with Gasteiger partial charge in [-0.3, -0.25) is 4.79 Å². The number of nitrogens with zero attached hydrogens (tertiary/aromatic N) is 3. The number of thioether (sulfide) groups is 1. The van der Waals surface area contributed by atoms with Crippen molar-refractivity contribution in [3.8, 4) is 17.1 Å². The molecule has 0 aliphatic carbocycles. The number of nitrogens with one attached hydrogen (secondary N) is 1. The van der Waals surface area contributed by atoms with Crippen LogP contribution in [0.25, 0.3) is 11.4 Å². The topological polar surface area (TPSA) is 69.0 Å². The number of benzene rings is 2. The summed E-state index contributed by atoms with van der Waals surface area (Å²) in [5, 5.41) is 12.4. The van der Waals surface area contributed by atoms with Crippen LogP contribution in [0, 0.1) is 0 Å². The van der Waals surface area contributed by atoms with Gasteiger partial charge in [0.05, 0.1) is 18.6 Å². The van der Waals surface area contributed by atoms with Crippen molar-refractivity contribution in [2.24, 2.45) is 7.05 Å². The van der Waals surface area contributed by atoms with Crippen molar-refractivity contribution in [1.82, 2.24) is 14.8 Å². The summed E-state index contributed by atoms with van der Waals surface area (Å²) in [6, 6.07) is 14.8. The van der Waals surface area contributed by atoms with Crippen LogP contribution in [0.15, 0.2) is 53.7 Å². The second-order valence-corrected chi connectivity index (χ2v) is 6.79. The van der Waals surface area contributed by atoms with E-state index in [4.69, 9.17) is 16.3 Å². The van der Waals surface area contributed by atoms with Crippen molar-refractivity contribution in [3.05, 3.63) is 53.6 Å². The first-order chi connectivity index (χ1) is 12.6. The number of aromatic nitrogens is 3. The van der Waals surface area contributed by atoms with Crippen LogP contribution in [0.1, 0.15) is 0 Å². The van der Waals surface area contributed by atoms with Crippen LogP contribution in [0.2, 0.25) is 5.02 Å². The third-order valence-corrected chi connectivity index (χ3v) is 4.89. The summed E-state index contributed by atoms with van der Waals surface area (Å²) in [6.07, 6.45) is 0. The molecule has 6 nitrogen and oxygen atoms in total. The molecule has 1 aromatic heterocycles. The summed E-state index contributed by atoms with van der Waals surface area (Å²) >= 11 is 7.29. The van der Waals surface area contributed by atoms with Gasteiger partial charge in [-0.25, -0.2) is 0 Å². The first-order valence-corrected chi connectivity index (χ1v) is 9.16. The molecule has 1 heterocycles. The maximum Gasteiger partial charge on any atom is 0.234 e. The van der Waals surface area contributed by atoms with Crippen LogP contribution in [0.5, 0.6) is 5.75 Å². The van der Waals surface area contributed by atoms with E-state index in [0.29, 0.717) is 21.6 Å². The number of rotatable bonds is 6. The van der Waals surface area contributed by atoms with E-state index in [9.17, 15) is 4.79 Å². The zero-order valence-electron chi connectivity index (χ0n) is 14.3. The monoisotopic (exact) mass is 388 g/mol. The molecule has 0 aliphatic heterocycles. The highest BCUT2D eigenvalue weighted by Crippen LogP contribution is 2.28. The van der Waals surface area contributed by atoms with E-state index >= 15 is 0 Å². The Hall–Kier alpha value is -2.51. The maximum absolute atomic E-state index is 12.3. The molecule has 0 radical (unpaired) electrons. The summed E-state index contributed by atoms with van der Waals surface area (Å²) < 4.78 is 7.10. The molecular formula is C18H17ClN4O2S. The Morgan fingerprint density at radius 2 is 2.00 bits per heavy atom. The molecule has 0 saturated carbocycles. The van der Waals surface area contributed by atoms with Crippen LogP contribution in [-0.4, -0.2) is 33.5 Å². The van der Waals surface area contributed by atoms with Gasteiger partial charge in [0.25, 0.3) is 0 Å². The molecule has 0 fully saturated rings. The molecular weight excluding hydrogens is 372 g/mol. The highest BCUT2D eigenvalue weighted by molar-refractivity contribution is 7.99. The molecule has 0 atom stereocenters.